The lowest BCUT2D eigenvalue weighted by Gasteiger charge is -2.42. The van der Waals surface area contributed by atoms with Gasteiger partial charge in [0.05, 0.1) is 18.7 Å². The molecule has 1 unspecified atom stereocenters. The number of amides is 1. The summed E-state index contributed by atoms with van der Waals surface area (Å²) in [5, 5.41) is 3.34. The van der Waals surface area contributed by atoms with Crippen LogP contribution in [0.25, 0.3) is 0 Å². The second kappa shape index (κ2) is 8.36. The molecule has 0 aromatic heterocycles. The summed E-state index contributed by atoms with van der Waals surface area (Å²) in [4.78, 5) is 15.9. The van der Waals surface area contributed by atoms with Gasteiger partial charge < -0.3 is 10.1 Å². The minimum atomic E-state index is -0.195. The van der Waals surface area contributed by atoms with Crippen molar-refractivity contribution in [3.8, 4) is 5.75 Å². The number of carbonyl (C=O) groups excluding carboxylic acids is 1. The van der Waals surface area contributed by atoms with E-state index in [2.05, 4.69) is 36.2 Å². The van der Waals surface area contributed by atoms with Crippen LogP contribution in [0.4, 0.5) is 0 Å². The van der Waals surface area contributed by atoms with E-state index in [1.165, 1.54) is 12.8 Å². The maximum absolute atomic E-state index is 13.4. The fraction of sp³-hybridized carbons (Fsp3) is 0.458. The number of aryl methyl sites for hydroxylation is 2. The molecule has 1 atom stereocenters. The van der Waals surface area contributed by atoms with Crippen molar-refractivity contribution in [3.63, 3.8) is 0 Å². The molecule has 0 spiro atoms. The van der Waals surface area contributed by atoms with Crippen molar-refractivity contribution in [1.29, 1.82) is 0 Å². The summed E-state index contributed by atoms with van der Waals surface area (Å²) in [6.45, 7) is 10.6. The number of ether oxygens (including phenoxy) is 1. The third-order valence-corrected chi connectivity index (χ3v) is 5.93. The minimum Gasteiger partial charge on any atom is -0.496 e. The second-order valence-electron chi connectivity index (χ2n) is 8.32. The quantitative estimate of drug-likeness (QED) is 0.772. The molecule has 1 amide bonds. The fourth-order valence-electron chi connectivity index (χ4n) is 4.37. The number of carbonyl (C=O) groups is 1. The van der Waals surface area contributed by atoms with Crippen LogP contribution in [0.3, 0.4) is 0 Å². The van der Waals surface area contributed by atoms with Crippen molar-refractivity contribution in [2.45, 2.75) is 52.1 Å². The van der Waals surface area contributed by atoms with E-state index < -0.39 is 0 Å². The number of benzene rings is 2. The molecule has 1 fully saturated rings. The van der Waals surface area contributed by atoms with Crippen molar-refractivity contribution in [2.24, 2.45) is 0 Å². The van der Waals surface area contributed by atoms with Gasteiger partial charge in [-0.2, -0.15) is 0 Å². The highest BCUT2D eigenvalue weighted by molar-refractivity contribution is 5.98. The predicted octanol–water partition coefficient (Wildman–Crippen LogP) is 4.90. The molecule has 3 rings (SSSR count). The highest BCUT2D eigenvalue weighted by Gasteiger charge is 2.39. The van der Waals surface area contributed by atoms with Gasteiger partial charge in [-0.15, -0.1) is 0 Å². The van der Waals surface area contributed by atoms with E-state index in [0.29, 0.717) is 11.3 Å². The van der Waals surface area contributed by atoms with Crippen LogP contribution < -0.4 is 10.1 Å². The molecule has 152 valence electrons. The maximum atomic E-state index is 13.4. The smallest absolute Gasteiger partial charge is 0.255 e. The van der Waals surface area contributed by atoms with Gasteiger partial charge in [-0.3, -0.25) is 9.69 Å². The lowest BCUT2D eigenvalue weighted by atomic mass is 9.86. The first-order chi connectivity index (χ1) is 13.3. The first kappa shape index (κ1) is 20.4. The van der Waals surface area contributed by atoms with Gasteiger partial charge in [0.25, 0.3) is 5.91 Å². The van der Waals surface area contributed by atoms with Crippen LogP contribution in [0.15, 0.2) is 42.5 Å². The third-order valence-electron chi connectivity index (χ3n) is 5.93. The summed E-state index contributed by atoms with van der Waals surface area (Å²) in [6, 6.07) is 14.1. The van der Waals surface area contributed by atoms with Gasteiger partial charge in [0.15, 0.2) is 0 Å². The average molecular weight is 383 g/mol. The predicted molar refractivity (Wildman–Crippen MR) is 116 cm³/mol. The maximum Gasteiger partial charge on any atom is 0.255 e. The summed E-state index contributed by atoms with van der Waals surface area (Å²) >= 11 is 0. The van der Waals surface area contributed by atoms with Gasteiger partial charge >= 0.3 is 0 Å². The molecule has 2 aromatic carbocycles. The zero-order valence-electron chi connectivity index (χ0n) is 17.7. The molecule has 0 aliphatic carbocycles. The molecule has 1 saturated heterocycles. The van der Waals surface area contributed by atoms with Crippen LogP contribution in [0.2, 0.25) is 0 Å². The van der Waals surface area contributed by atoms with Crippen LogP contribution >= 0.6 is 0 Å². The number of nitrogens with one attached hydrogen (secondary N) is 1. The summed E-state index contributed by atoms with van der Waals surface area (Å²) in [5.41, 5.74) is 3.56. The van der Waals surface area contributed by atoms with E-state index in [1.807, 2.05) is 44.2 Å². The molecule has 1 aliphatic rings. The third kappa shape index (κ3) is 4.07. The van der Waals surface area contributed by atoms with Gasteiger partial charge in [-0.05, 0) is 76.4 Å². The van der Waals surface area contributed by atoms with Crippen molar-refractivity contribution in [1.82, 2.24) is 10.2 Å². The van der Waals surface area contributed by atoms with E-state index in [1.54, 1.807) is 7.11 Å². The molecule has 1 heterocycles. The van der Waals surface area contributed by atoms with E-state index in [-0.39, 0.29) is 18.9 Å². The lowest BCUT2D eigenvalue weighted by Crippen LogP contribution is -2.52. The molecule has 0 radical (unpaired) electrons. The largest absolute Gasteiger partial charge is 0.496 e. The van der Waals surface area contributed by atoms with Gasteiger partial charge in [0, 0.05) is 6.97 Å². The Balaban J connectivity index is 0.00000300. The minimum absolute atomic E-state index is 0. The number of methoxy groups -OCH3 is 1. The number of nitrogens with zero attached hydrogens (tertiary/aromatic N) is 1. The molecule has 2 aromatic rings. The molecular formula is C24H34N2O2. The number of hydrogen-bond donors (Lipinski definition) is 1. The van der Waals surface area contributed by atoms with Gasteiger partial charge in [0.2, 0.25) is 0 Å². The number of rotatable bonds is 6. The first-order valence-corrected chi connectivity index (χ1v) is 10.1. The first-order valence-electron chi connectivity index (χ1n) is 10.1. The molecule has 1 N–H and O–H groups in total. The van der Waals surface area contributed by atoms with Crippen molar-refractivity contribution in [3.05, 3.63) is 64.7 Å². The van der Waals surface area contributed by atoms with E-state index in [9.17, 15) is 4.79 Å². The summed E-state index contributed by atoms with van der Waals surface area (Å²) in [6.07, 6.45) is 2.42. The zero-order chi connectivity index (χ0) is 20.3. The van der Waals surface area contributed by atoms with Crippen molar-refractivity contribution in [2.75, 3.05) is 20.2 Å². The Labute approximate surface area is 170 Å². The van der Waals surface area contributed by atoms with Crippen molar-refractivity contribution >= 4 is 5.91 Å². The molecule has 4 nitrogen and oxygen atoms in total. The Kier molecular flexibility index (Phi) is 6.09. The SMILES string of the molecule is COc1cc(C)cc(C)c1C(=O)NC(c1ccccc1)C(C)(C)N1CCCC1.[HH]. The molecule has 4 heteroatoms. The van der Waals surface area contributed by atoms with E-state index in [4.69, 9.17) is 4.74 Å². The second-order valence-corrected chi connectivity index (χ2v) is 8.32. The Bertz CT molecular complexity index is 830. The monoisotopic (exact) mass is 382 g/mol. The zero-order valence-corrected chi connectivity index (χ0v) is 17.7. The number of likely N-dealkylation sites (tertiary alicyclic amines) is 1. The molecule has 0 saturated carbocycles. The average Bonchev–Trinajstić information content (AvgIpc) is 3.21. The topological polar surface area (TPSA) is 41.6 Å². The summed E-state index contributed by atoms with van der Waals surface area (Å²) in [7, 11) is 1.62. The van der Waals surface area contributed by atoms with Crippen molar-refractivity contribution < 1.29 is 11.0 Å². The Morgan fingerprint density at radius 2 is 1.79 bits per heavy atom. The Morgan fingerprint density at radius 1 is 1.14 bits per heavy atom. The van der Waals surface area contributed by atoms with E-state index >= 15 is 0 Å². The van der Waals surface area contributed by atoms with E-state index in [0.717, 1.165) is 29.8 Å². The lowest BCUT2D eigenvalue weighted by molar-refractivity contribution is 0.0775. The molecule has 0 bridgehead atoms. The normalized spacial score (nSPS) is 16.0. The summed E-state index contributed by atoms with van der Waals surface area (Å²) in [5.74, 6) is 0.538. The molecule has 28 heavy (non-hydrogen) atoms. The Morgan fingerprint density at radius 3 is 2.39 bits per heavy atom. The highest BCUT2D eigenvalue weighted by Crippen LogP contribution is 2.34. The van der Waals surface area contributed by atoms with Gasteiger partial charge in [-0.1, -0.05) is 36.4 Å². The van der Waals surface area contributed by atoms with Gasteiger partial charge in [0.1, 0.15) is 5.75 Å². The van der Waals surface area contributed by atoms with Crippen LogP contribution in [-0.4, -0.2) is 36.5 Å². The molecular weight excluding hydrogens is 348 g/mol. The summed E-state index contributed by atoms with van der Waals surface area (Å²) < 4.78 is 5.53. The molecule has 1 aliphatic heterocycles. The van der Waals surface area contributed by atoms with Crippen LogP contribution in [0.1, 0.15) is 61.2 Å². The fourth-order valence-corrected chi connectivity index (χ4v) is 4.37. The Hall–Kier alpha value is -2.33. The standard InChI is InChI=1S/C24H32N2O2.H2/c1-17-15-18(2)21(20(16-17)28-5)23(27)25-22(19-11-7-6-8-12-19)24(3,4)26-13-9-10-14-26;/h6-8,11-12,15-16,22H,9-10,13-14H2,1-5H3,(H,25,27);1H. The number of hydrogen-bond acceptors (Lipinski definition) is 3. The van der Waals surface area contributed by atoms with Gasteiger partial charge in [-0.25, -0.2) is 0 Å². The van der Waals surface area contributed by atoms with Crippen LogP contribution in [-0.2, 0) is 0 Å². The van der Waals surface area contributed by atoms with Crippen LogP contribution in [0, 0.1) is 13.8 Å². The highest BCUT2D eigenvalue weighted by atomic mass is 16.5. The van der Waals surface area contributed by atoms with Crippen LogP contribution in [0.5, 0.6) is 5.75 Å².